The molecule has 0 unspecified atom stereocenters. The maximum absolute atomic E-state index is 13.5. The van der Waals surface area contributed by atoms with Crippen LogP contribution in [0.25, 0.3) is 21.9 Å². The summed E-state index contributed by atoms with van der Waals surface area (Å²) >= 11 is 0. The van der Waals surface area contributed by atoms with Gasteiger partial charge in [0.25, 0.3) is 0 Å². The fraction of sp³-hybridized carbons (Fsp3) is 0.118. The molecule has 5 nitrogen and oxygen atoms in total. The highest BCUT2D eigenvalue weighted by atomic mass is 32.2. The predicted octanol–water partition coefficient (Wildman–Crippen LogP) is 2.28. The van der Waals surface area contributed by atoms with Crippen LogP contribution in [0.5, 0.6) is 0 Å². The zero-order valence-corrected chi connectivity index (χ0v) is 13.6. The van der Waals surface area contributed by atoms with Crippen LogP contribution in [0.1, 0.15) is 0 Å². The molecule has 0 aliphatic heterocycles. The number of benzene rings is 2. The second-order valence-corrected chi connectivity index (χ2v) is 7.00. The summed E-state index contributed by atoms with van der Waals surface area (Å²) in [6, 6.07) is 11.0. The van der Waals surface area contributed by atoms with Crippen molar-refractivity contribution >= 4 is 20.8 Å². The van der Waals surface area contributed by atoms with Crippen molar-refractivity contribution < 1.29 is 12.8 Å². The second kappa shape index (κ2) is 6.64. The number of rotatable bonds is 5. The van der Waals surface area contributed by atoms with Crippen LogP contribution in [0.3, 0.4) is 0 Å². The molecule has 0 bridgehead atoms. The summed E-state index contributed by atoms with van der Waals surface area (Å²) in [7, 11) is -3.74. The van der Waals surface area contributed by atoms with Gasteiger partial charge in [0.2, 0.25) is 10.0 Å². The van der Waals surface area contributed by atoms with E-state index in [9.17, 15) is 12.8 Å². The van der Waals surface area contributed by atoms with Crippen molar-refractivity contribution in [2.24, 2.45) is 5.73 Å². The number of sulfonamides is 1. The molecule has 124 valence electrons. The molecule has 1 heterocycles. The average Bonchev–Trinajstić information content (AvgIpc) is 2.59. The van der Waals surface area contributed by atoms with Crippen molar-refractivity contribution in [3.63, 3.8) is 0 Å². The summed E-state index contributed by atoms with van der Waals surface area (Å²) in [6.45, 7) is 0.335. The van der Waals surface area contributed by atoms with Gasteiger partial charge in [-0.3, -0.25) is 4.98 Å². The SMILES string of the molecule is NCCNS(=O)(=O)c1cc(-c2cccc(F)c2)cc2cnccc12. The zero-order chi connectivity index (χ0) is 17.2. The summed E-state index contributed by atoms with van der Waals surface area (Å²) in [6.07, 6.45) is 3.12. The minimum Gasteiger partial charge on any atom is -0.329 e. The van der Waals surface area contributed by atoms with Crippen molar-refractivity contribution in [3.05, 3.63) is 60.7 Å². The molecule has 0 atom stereocenters. The fourth-order valence-electron chi connectivity index (χ4n) is 2.50. The molecule has 3 N–H and O–H groups in total. The number of aromatic nitrogens is 1. The summed E-state index contributed by atoms with van der Waals surface area (Å²) in [5.74, 6) is -0.385. The van der Waals surface area contributed by atoms with Crippen molar-refractivity contribution in [3.8, 4) is 11.1 Å². The predicted molar refractivity (Wildman–Crippen MR) is 91.4 cm³/mol. The molecule has 0 spiro atoms. The Morgan fingerprint density at radius 1 is 1.12 bits per heavy atom. The first-order valence-corrected chi connectivity index (χ1v) is 8.83. The first-order chi connectivity index (χ1) is 11.5. The summed E-state index contributed by atoms with van der Waals surface area (Å²) in [5.41, 5.74) is 6.58. The van der Waals surface area contributed by atoms with Crippen LogP contribution in [0.4, 0.5) is 4.39 Å². The first kappa shape index (κ1) is 16.5. The smallest absolute Gasteiger partial charge is 0.241 e. The van der Waals surface area contributed by atoms with Crippen LogP contribution in [0.15, 0.2) is 59.8 Å². The molecule has 0 radical (unpaired) electrons. The molecule has 3 aromatic rings. The van der Waals surface area contributed by atoms with Crippen molar-refractivity contribution in [1.82, 2.24) is 9.71 Å². The normalized spacial score (nSPS) is 11.8. The van der Waals surface area contributed by atoms with Gasteiger partial charge in [0.05, 0.1) is 4.90 Å². The summed E-state index contributed by atoms with van der Waals surface area (Å²) in [4.78, 5) is 4.16. The Hall–Kier alpha value is -2.35. The fourth-order valence-corrected chi connectivity index (χ4v) is 3.80. The number of hydrogen-bond acceptors (Lipinski definition) is 4. The van der Waals surface area contributed by atoms with Gasteiger partial charge in [-0.15, -0.1) is 0 Å². The third-order valence-electron chi connectivity index (χ3n) is 3.60. The Morgan fingerprint density at radius 2 is 1.96 bits per heavy atom. The van der Waals surface area contributed by atoms with Gasteiger partial charge in [-0.2, -0.15) is 0 Å². The van der Waals surface area contributed by atoms with Gasteiger partial charge in [-0.1, -0.05) is 12.1 Å². The summed E-state index contributed by atoms with van der Waals surface area (Å²) in [5, 5.41) is 1.21. The van der Waals surface area contributed by atoms with Crippen LogP contribution in [-0.4, -0.2) is 26.5 Å². The molecular formula is C17H16FN3O2S. The van der Waals surface area contributed by atoms with E-state index in [4.69, 9.17) is 5.73 Å². The molecule has 7 heteroatoms. The van der Waals surface area contributed by atoms with E-state index in [2.05, 4.69) is 9.71 Å². The van der Waals surface area contributed by atoms with Crippen molar-refractivity contribution in [2.75, 3.05) is 13.1 Å². The van der Waals surface area contributed by atoms with Gasteiger partial charge in [-0.25, -0.2) is 17.5 Å². The van der Waals surface area contributed by atoms with E-state index < -0.39 is 10.0 Å². The maximum Gasteiger partial charge on any atom is 0.241 e. The van der Waals surface area contributed by atoms with Crippen LogP contribution in [-0.2, 0) is 10.0 Å². The molecule has 1 aromatic heterocycles. The van der Waals surface area contributed by atoms with Gasteiger partial charge in [-0.05, 0) is 41.5 Å². The number of halogens is 1. The zero-order valence-electron chi connectivity index (χ0n) is 12.7. The highest BCUT2D eigenvalue weighted by Crippen LogP contribution is 2.30. The topological polar surface area (TPSA) is 85.1 Å². The first-order valence-electron chi connectivity index (χ1n) is 7.35. The Kier molecular flexibility index (Phi) is 4.57. The number of nitrogens with zero attached hydrogens (tertiary/aromatic N) is 1. The third kappa shape index (κ3) is 3.28. The van der Waals surface area contributed by atoms with Gasteiger partial charge in [0, 0.05) is 36.3 Å². The molecule has 0 fully saturated rings. The number of nitrogens with one attached hydrogen (secondary N) is 1. The standard InChI is InChI=1S/C17H16FN3O2S/c18-15-3-1-2-12(9-15)13-8-14-11-20-6-4-16(14)17(10-13)24(22,23)21-7-5-19/h1-4,6,8-11,21H,5,7,19H2. The maximum atomic E-state index is 13.5. The Bertz CT molecular complexity index is 990. The van der Waals surface area contributed by atoms with E-state index in [0.717, 1.165) is 0 Å². The van der Waals surface area contributed by atoms with Crippen LogP contribution in [0.2, 0.25) is 0 Å². The Balaban J connectivity index is 2.24. The molecule has 2 aromatic carbocycles. The quantitative estimate of drug-likeness (QED) is 0.743. The number of hydrogen-bond donors (Lipinski definition) is 2. The minimum atomic E-state index is -3.74. The van der Waals surface area contributed by atoms with E-state index in [-0.39, 0.29) is 23.8 Å². The molecule has 0 saturated carbocycles. The number of fused-ring (bicyclic) bond motifs is 1. The second-order valence-electron chi connectivity index (χ2n) is 5.27. The van der Waals surface area contributed by atoms with Crippen LogP contribution < -0.4 is 10.5 Å². The van der Waals surface area contributed by atoms with E-state index >= 15 is 0 Å². The highest BCUT2D eigenvalue weighted by molar-refractivity contribution is 7.89. The van der Waals surface area contributed by atoms with E-state index in [1.165, 1.54) is 24.4 Å². The van der Waals surface area contributed by atoms with Crippen molar-refractivity contribution in [2.45, 2.75) is 4.90 Å². The monoisotopic (exact) mass is 345 g/mol. The van der Waals surface area contributed by atoms with Gasteiger partial charge < -0.3 is 5.73 Å². The Labute approximate surface area is 139 Å². The van der Waals surface area contributed by atoms with E-state index in [1.54, 1.807) is 30.5 Å². The minimum absolute atomic E-state index is 0.120. The highest BCUT2D eigenvalue weighted by Gasteiger charge is 2.18. The summed E-state index contributed by atoms with van der Waals surface area (Å²) < 4.78 is 41.2. The molecule has 0 amide bonds. The molecule has 0 saturated heterocycles. The molecular weight excluding hydrogens is 329 g/mol. The molecule has 0 aliphatic rings. The van der Waals surface area contributed by atoms with Gasteiger partial charge >= 0.3 is 0 Å². The molecule has 24 heavy (non-hydrogen) atoms. The Morgan fingerprint density at radius 3 is 2.71 bits per heavy atom. The molecule has 0 aliphatic carbocycles. The number of pyridine rings is 1. The van der Waals surface area contributed by atoms with Crippen LogP contribution in [0, 0.1) is 5.82 Å². The van der Waals surface area contributed by atoms with E-state index in [1.807, 2.05) is 0 Å². The van der Waals surface area contributed by atoms with Gasteiger partial charge in [0.1, 0.15) is 5.82 Å². The average molecular weight is 345 g/mol. The lowest BCUT2D eigenvalue weighted by Gasteiger charge is -2.12. The lowest BCUT2D eigenvalue weighted by atomic mass is 10.0. The number of nitrogens with two attached hydrogens (primary N) is 1. The third-order valence-corrected chi connectivity index (χ3v) is 5.10. The largest absolute Gasteiger partial charge is 0.329 e. The van der Waals surface area contributed by atoms with Crippen molar-refractivity contribution in [1.29, 1.82) is 0 Å². The van der Waals surface area contributed by atoms with E-state index in [0.29, 0.717) is 21.9 Å². The lowest BCUT2D eigenvalue weighted by Crippen LogP contribution is -2.29. The lowest BCUT2D eigenvalue weighted by molar-refractivity contribution is 0.583. The molecule has 3 rings (SSSR count). The van der Waals surface area contributed by atoms with Crippen LogP contribution >= 0.6 is 0 Å². The van der Waals surface area contributed by atoms with Gasteiger partial charge in [0.15, 0.2) is 0 Å².